The van der Waals surface area contributed by atoms with Crippen LogP contribution in [0.5, 0.6) is 0 Å². The Hall–Kier alpha value is -0.730. The maximum Gasteiger partial charge on any atom is 0.508 e. The van der Waals surface area contributed by atoms with Crippen molar-refractivity contribution in [1.29, 1.82) is 0 Å². The van der Waals surface area contributed by atoms with Crippen LogP contribution in [0.25, 0.3) is 0 Å². The molecule has 3 heteroatoms. The predicted molar refractivity (Wildman–Crippen MR) is 56.3 cm³/mol. The SMILES string of the molecule is CCCCC(CC)COC(=O)OCC. The number of carbonyl (C=O) groups excluding carboxylic acids is 1. The summed E-state index contributed by atoms with van der Waals surface area (Å²) in [4.78, 5) is 10.9. The molecule has 0 spiro atoms. The van der Waals surface area contributed by atoms with Gasteiger partial charge in [0.2, 0.25) is 0 Å². The van der Waals surface area contributed by atoms with Gasteiger partial charge < -0.3 is 9.47 Å². The van der Waals surface area contributed by atoms with Gasteiger partial charge in [0, 0.05) is 0 Å². The summed E-state index contributed by atoms with van der Waals surface area (Å²) in [5.74, 6) is 0.486. The molecule has 0 amide bonds. The van der Waals surface area contributed by atoms with Crippen molar-refractivity contribution >= 4 is 6.16 Å². The highest BCUT2D eigenvalue weighted by Gasteiger charge is 2.09. The van der Waals surface area contributed by atoms with Gasteiger partial charge in [0.1, 0.15) is 0 Å². The average molecular weight is 202 g/mol. The summed E-state index contributed by atoms with van der Waals surface area (Å²) < 4.78 is 9.65. The fraction of sp³-hybridized carbons (Fsp3) is 0.909. The van der Waals surface area contributed by atoms with Crippen molar-refractivity contribution < 1.29 is 14.3 Å². The Morgan fingerprint density at radius 1 is 1.21 bits per heavy atom. The van der Waals surface area contributed by atoms with Crippen molar-refractivity contribution in [2.45, 2.75) is 46.5 Å². The fourth-order valence-electron chi connectivity index (χ4n) is 1.24. The molecule has 0 saturated carbocycles. The van der Waals surface area contributed by atoms with Crippen molar-refractivity contribution in [3.05, 3.63) is 0 Å². The molecule has 0 radical (unpaired) electrons. The van der Waals surface area contributed by atoms with Crippen molar-refractivity contribution in [2.75, 3.05) is 13.2 Å². The van der Waals surface area contributed by atoms with E-state index in [1.165, 1.54) is 12.8 Å². The highest BCUT2D eigenvalue weighted by atomic mass is 16.7. The van der Waals surface area contributed by atoms with Gasteiger partial charge in [-0.25, -0.2) is 4.79 Å². The van der Waals surface area contributed by atoms with Crippen molar-refractivity contribution in [3.63, 3.8) is 0 Å². The summed E-state index contributed by atoms with van der Waals surface area (Å²) in [6, 6.07) is 0. The molecule has 14 heavy (non-hydrogen) atoms. The molecule has 0 saturated heterocycles. The van der Waals surface area contributed by atoms with Gasteiger partial charge in [0.25, 0.3) is 0 Å². The number of ether oxygens (including phenoxy) is 2. The van der Waals surface area contributed by atoms with Crippen LogP contribution in [0.2, 0.25) is 0 Å². The standard InChI is InChI=1S/C11H22O3/c1-4-7-8-10(5-2)9-14-11(12)13-6-3/h10H,4-9H2,1-3H3. The molecule has 0 N–H and O–H groups in total. The third-order valence-corrected chi connectivity index (χ3v) is 2.24. The van der Waals surface area contributed by atoms with E-state index < -0.39 is 6.16 Å². The molecule has 0 aromatic rings. The van der Waals surface area contributed by atoms with Gasteiger partial charge in [-0.2, -0.15) is 0 Å². The molecule has 0 aromatic carbocycles. The smallest absolute Gasteiger partial charge is 0.435 e. The average Bonchev–Trinajstić information content (AvgIpc) is 2.19. The molecule has 1 unspecified atom stereocenters. The number of hydrogen-bond acceptors (Lipinski definition) is 3. The van der Waals surface area contributed by atoms with Gasteiger partial charge in [0.15, 0.2) is 0 Å². The first-order valence-corrected chi connectivity index (χ1v) is 5.54. The first-order chi connectivity index (χ1) is 6.74. The van der Waals surface area contributed by atoms with E-state index in [2.05, 4.69) is 18.6 Å². The summed E-state index contributed by atoms with van der Waals surface area (Å²) in [7, 11) is 0. The van der Waals surface area contributed by atoms with E-state index in [9.17, 15) is 4.79 Å². The van der Waals surface area contributed by atoms with E-state index in [1.807, 2.05) is 0 Å². The summed E-state index contributed by atoms with van der Waals surface area (Å²) >= 11 is 0. The van der Waals surface area contributed by atoms with Crippen LogP contribution in [0.15, 0.2) is 0 Å². The zero-order chi connectivity index (χ0) is 10.8. The van der Waals surface area contributed by atoms with Crippen LogP contribution < -0.4 is 0 Å². The van der Waals surface area contributed by atoms with Crippen LogP contribution in [-0.4, -0.2) is 19.4 Å². The topological polar surface area (TPSA) is 35.5 Å². The van der Waals surface area contributed by atoms with Crippen molar-refractivity contribution in [3.8, 4) is 0 Å². The Kier molecular flexibility index (Phi) is 8.39. The van der Waals surface area contributed by atoms with E-state index in [4.69, 9.17) is 4.74 Å². The molecule has 0 bridgehead atoms. The molecule has 0 fully saturated rings. The molecule has 3 nitrogen and oxygen atoms in total. The summed E-state index contributed by atoms with van der Waals surface area (Å²) in [5.41, 5.74) is 0. The van der Waals surface area contributed by atoms with Crippen LogP contribution in [0, 0.1) is 5.92 Å². The Morgan fingerprint density at radius 2 is 1.93 bits per heavy atom. The highest BCUT2D eigenvalue weighted by Crippen LogP contribution is 2.12. The number of unbranched alkanes of at least 4 members (excludes halogenated alkanes) is 1. The summed E-state index contributed by atoms with van der Waals surface area (Å²) in [6.45, 7) is 6.93. The molecule has 0 heterocycles. The third-order valence-electron chi connectivity index (χ3n) is 2.24. The minimum atomic E-state index is -0.539. The van der Waals surface area contributed by atoms with Crippen LogP contribution in [0.1, 0.15) is 46.5 Å². The number of rotatable bonds is 7. The first-order valence-electron chi connectivity index (χ1n) is 5.54. The second-order valence-electron chi connectivity index (χ2n) is 3.41. The largest absolute Gasteiger partial charge is 0.508 e. The normalized spacial score (nSPS) is 12.2. The van der Waals surface area contributed by atoms with Gasteiger partial charge in [0.05, 0.1) is 13.2 Å². The minimum absolute atomic E-state index is 0.380. The minimum Gasteiger partial charge on any atom is -0.435 e. The lowest BCUT2D eigenvalue weighted by Gasteiger charge is -2.13. The third kappa shape index (κ3) is 6.75. The molecular formula is C11H22O3. The Bertz CT molecular complexity index is 145. The van der Waals surface area contributed by atoms with E-state index in [0.717, 1.165) is 12.8 Å². The number of hydrogen-bond donors (Lipinski definition) is 0. The maximum absolute atomic E-state index is 10.9. The molecule has 0 aliphatic carbocycles. The highest BCUT2D eigenvalue weighted by molar-refractivity contribution is 5.59. The summed E-state index contributed by atoms with van der Waals surface area (Å²) in [5, 5.41) is 0. The van der Waals surface area contributed by atoms with Crippen molar-refractivity contribution in [1.82, 2.24) is 0 Å². The monoisotopic (exact) mass is 202 g/mol. The first kappa shape index (κ1) is 13.3. The Morgan fingerprint density at radius 3 is 2.43 bits per heavy atom. The van der Waals surface area contributed by atoms with Gasteiger partial charge in [-0.3, -0.25) is 0 Å². The Labute approximate surface area is 86.8 Å². The predicted octanol–water partition coefficient (Wildman–Crippen LogP) is 3.38. The molecular weight excluding hydrogens is 180 g/mol. The van der Waals surface area contributed by atoms with E-state index >= 15 is 0 Å². The molecule has 84 valence electrons. The van der Waals surface area contributed by atoms with Gasteiger partial charge >= 0.3 is 6.16 Å². The Balaban J connectivity index is 3.55. The molecule has 0 aliphatic rings. The van der Waals surface area contributed by atoms with E-state index in [0.29, 0.717) is 19.1 Å². The van der Waals surface area contributed by atoms with Gasteiger partial charge in [-0.1, -0.05) is 33.1 Å². The molecule has 0 aliphatic heterocycles. The van der Waals surface area contributed by atoms with Crippen LogP contribution in [0.4, 0.5) is 4.79 Å². The second kappa shape index (κ2) is 8.85. The second-order valence-corrected chi connectivity index (χ2v) is 3.41. The lowest BCUT2D eigenvalue weighted by Crippen LogP contribution is -2.14. The fourth-order valence-corrected chi connectivity index (χ4v) is 1.24. The van der Waals surface area contributed by atoms with E-state index in [-0.39, 0.29) is 0 Å². The maximum atomic E-state index is 10.9. The van der Waals surface area contributed by atoms with Crippen molar-refractivity contribution in [2.24, 2.45) is 5.92 Å². The summed E-state index contributed by atoms with van der Waals surface area (Å²) in [6.07, 6.45) is 4.04. The van der Waals surface area contributed by atoms with Crippen LogP contribution in [-0.2, 0) is 9.47 Å². The molecule has 0 rings (SSSR count). The van der Waals surface area contributed by atoms with Gasteiger partial charge in [-0.05, 0) is 19.3 Å². The van der Waals surface area contributed by atoms with Gasteiger partial charge in [-0.15, -0.1) is 0 Å². The lowest BCUT2D eigenvalue weighted by atomic mass is 10.0. The quantitative estimate of drug-likeness (QED) is 0.594. The molecule has 1 atom stereocenters. The lowest BCUT2D eigenvalue weighted by molar-refractivity contribution is 0.0459. The zero-order valence-electron chi connectivity index (χ0n) is 9.54. The van der Waals surface area contributed by atoms with E-state index in [1.54, 1.807) is 6.92 Å². The molecule has 0 aromatic heterocycles. The van der Waals surface area contributed by atoms with Crippen LogP contribution >= 0.6 is 0 Å². The zero-order valence-corrected chi connectivity index (χ0v) is 9.54. The van der Waals surface area contributed by atoms with Crippen LogP contribution in [0.3, 0.4) is 0 Å². The number of carbonyl (C=O) groups is 1.